The van der Waals surface area contributed by atoms with Crippen molar-refractivity contribution in [3.63, 3.8) is 0 Å². The van der Waals surface area contributed by atoms with Crippen LogP contribution in [0, 0.1) is 5.92 Å². The number of rotatable bonds is 2. The third-order valence-electron chi connectivity index (χ3n) is 2.77. The molecule has 0 amide bonds. The Morgan fingerprint density at radius 2 is 1.65 bits per heavy atom. The van der Waals surface area contributed by atoms with Gasteiger partial charge in [-0.3, -0.25) is 0 Å². The normalized spacial score (nSPS) is 13.2. The molecule has 1 aliphatic rings. The molecule has 0 N–H and O–H groups in total. The van der Waals surface area contributed by atoms with Crippen LogP contribution in [0.4, 0.5) is 0 Å². The predicted octanol–water partition coefficient (Wildman–Crippen LogP) is 5.23. The van der Waals surface area contributed by atoms with Crippen molar-refractivity contribution in [2.24, 2.45) is 5.92 Å². The lowest BCUT2D eigenvalue weighted by molar-refractivity contribution is 0.604. The number of allylic oxidation sites excluding steroid dienone is 4. The molecule has 0 saturated heterocycles. The van der Waals surface area contributed by atoms with Crippen LogP contribution >= 0.6 is 0 Å². The molecule has 0 unspecified atom stereocenters. The Bertz CT molecular complexity index is 340. The van der Waals surface area contributed by atoms with Crippen molar-refractivity contribution < 1.29 is 0 Å². The first-order valence-corrected chi connectivity index (χ1v) is 6.09. The summed E-state index contributed by atoms with van der Waals surface area (Å²) in [5.41, 5.74) is 1.56. The van der Waals surface area contributed by atoms with Gasteiger partial charge in [-0.25, -0.2) is 0 Å². The predicted molar refractivity (Wildman–Crippen MR) is 78.2 cm³/mol. The molecule has 0 radical (unpaired) electrons. The van der Waals surface area contributed by atoms with Gasteiger partial charge in [-0.2, -0.15) is 0 Å². The van der Waals surface area contributed by atoms with E-state index in [1.165, 1.54) is 6.42 Å². The minimum absolute atomic E-state index is 0. The van der Waals surface area contributed by atoms with E-state index in [2.05, 4.69) is 62.9 Å². The zero-order chi connectivity index (χ0) is 12.0. The molecular formula is C16H27N. The van der Waals surface area contributed by atoms with Gasteiger partial charge < -0.3 is 4.57 Å². The van der Waals surface area contributed by atoms with Crippen LogP contribution in [0.5, 0.6) is 0 Å². The fourth-order valence-corrected chi connectivity index (χ4v) is 1.58. The summed E-state index contributed by atoms with van der Waals surface area (Å²) in [7, 11) is 0. The van der Waals surface area contributed by atoms with Gasteiger partial charge in [0.05, 0.1) is 0 Å². The molecular weight excluding hydrogens is 206 g/mol. The molecule has 0 aliphatic heterocycles. The smallest absolute Gasteiger partial charge is 0.0274 e. The second kappa shape index (κ2) is 7.94. The van der Waals surface area contributed by atoms with Gasteiger partial charge in [-0.1, -0.05) is 45.1 Å². The molecule has 1 nitrogen and oxygen atoms in total. The number of hydrogen-bond acceptors (Lipinski definition) is 0. The maximum Gasteiger partial charge on any atom is 0.0274 e. The molecule has 96 valence electrons. The van der Waals surface area contributed by atoms with Crippen LogP contribution in [0.1, 0.15) is 47.6 Å². The molecule has 0 bridgehead atoms. The number of hydrogen-bond donors (Lipinski definition) is 0. The zero-order valence-corrected chi connectivity index (χ0v) is 10.9. The van der Waals surface area contributed by atoms with Crippen LogP contribution in [0.2, 0.25) is 0 Å². The molecule has 0 saturated carbocycles. The van der Waals surface area contributed by atoms with Gasteiger partial charge in [0.2, 0.25) is 0 Å². The molecule has 17 heavy (non-hydrogen) atoms. The van der Waals surface area contributed by atoms with E-state index in [4.69, 9.17) is 0 Å². The van der Waals surface area contributed by atoms with E-state index in [0.29, 0.717) is 6.04 Å². The summed E-state index contributed by atoms with van der Waals surface area (Å²) in [6.07, 6.45) is 11.9. The molecule has 1 heteroatoms. The van der Waals surface area contributed by atoms with Crippen molar-refractivity contribution in [3.8, 4) is 0 Å². The number of nitrogens with zero attached hydrogens (tertiary/aromatic N) is 1. The molecule has 1 aromatic heterocycles. The maximum absolute atomic E-state index is 2.23. The molecule has 1 aromatic rings. The summed E-state index contributed by atoms with van der Waals surface area (Å²) < 4.78 is 2.17. The van der Waals surface area contributed by atoms with E-state index < -0.39 is 0 Å². The Morgan fingerprint density at radius 1 is 1.06 bits per heavy atom. The largest absolute Gasteiger partial charge is 0.352 e. The monoisotopic (exact) mass is 233 g/mol. The van der Waals surface area contributed by atoms with Crippen molar-refractivity contribution >= 4 is 0 Å². The van der Waals surface area contributed by atoms with Gasteiger partial charge in [0.15, 0.2) is 0 Å². The third-order valence-corrected chi connectivity index (χ3v) is 2.77. The highest BCUT2D eigenvalue weighted by Gasteiger charge is 2.01. The summed E-state index contributed by atoms with van der Waals surface area (Å²) in [5, 5.41) is 0. The van der Waals surface area contributed by atoms with Crippen LogP contribution in [-0.4, -0.2) is 4.57 Å². The van der Waals surface area contributed by atoms with E-state index in [1.807, 2.05) is 12.1 Å². The van der Waals surface area contributed by atoms with Gasteiger partial charge in [-0.15, -0.1) is 0 Å². The standard InChI is InChI=1S/C8H12.C7H11N.CH4/c2*1-7(2)8-5-3-4-6-8;/h3-5,7H,6H2,1-2H3;3-7H,1-2H3;1H4. The third kappa shape index (κ3) is 5.58. The SMILES string of the molecule is C.CC(C)C1=CC=CC1.CC(C)n1cccc1. The molecule has 0 fully saturated rings. The highest BCUT2D eigenvalue weighted by Crippen LogP contribution is 2.18. The second-order valence-electron chi connectivity index (χ2n) is 4.75. The maximum atomic E-state index is 2.23. The van der Waals surface area contributed by atoms with Crippen LogP contribution in [-0.2, 0) is 0 Å². The summed E-state index contributed by atoms with van der Waals surface area (Å²) in [6.45, 7) is 8.80. The first-order chi connectivity index (χ1) is 7.61. The second-order valence-corrected chi connectivity index (χ2v) is 4.75. The van der Waals surface area contributed by atoms with E-state index in [9.17, 15) is 0 Å². The van der Waals surface area contributed by atoms with Crippen LogP contribution in [0.25, 0.3) is 0 Å². The molecule has 2 rings (SSSR count). The van der Waals surface area contributed by atoms with E-state index in [0.717, 1.165) is 5.92 Å². The van der Waals surface area contributed by atoms with Gasteiger partial charge in [-0.05, 0) is 38.3 Å². The lowest BCUT2D eigenvalue weighted by Gasteiger charge is -2.03. The average Bonchev–Trinajstić information content (AvgIpc) is 2.93. The van der Waals surface area contributed by atoms with Gasteiger partial charge >= 0.3 is 0 Å². The zero-order valence-electron chi connectivity index (χ0n) is 10.9. The van der Waals surface area contributed by atoms with Crippen LogP contribution in [0.3, 0.4) is 0 Å². The fraction of sp³-hybridized carbons (Fsp3) is 0.500. The first-order valence-electron chi connectivity index (χ1n) is 6.09. The van der Waals surface area contributed by atoms with Gasteiger partial charge in [0, 0.05) is 18.4 Å². The Balaban J connectivity index is 0.000000284. The minimum Gasteiger partial charge on any atom is -0.352 e. The minimum atomic E-state index is 0. The lowest BCUT2D eigenvalue weighted by atomic mass is 10.0. The van der Waals surface area contributed by atoms with Crippen LogP contribution < -0.4 is 0 Å². The molecule has 0 aromatic carbocycles. The fourth-order valence-electron chi connectivity index (χ4n) is 1.58. The molecule has 1 heterocycles. The van der Waals surface area contributed by atoms with Crippen molar-refractivity contribution in [2.45, 2.75) is 47.6 Å². The van der Waals surface area contributed by atoms with E-state index in [1.54, 1.807) is 5.57 Å². The quantitative estimate of drug-likeness (QED) is 0.659. The Hall–Kier alpha value is -1.24. The molecule has 1 aliphatic carbocycles. The van der Waals surface area contributed by atoms with Crippen LogP contribution in [0.15, 0.2) is 48.3 Å². The Kier molecular flexibility index (Phi) is 7.36. The van der Waals surface area contributed by atoms with Crippen molar-refractivity contribution in [2.75, 3.05) is 0 Å². The highest BCUT2D eigenvalue weighted by atomic mass is 15.0. The highest BCUT2D eigenvalue weighted by molar-refractivity contribution is 5.23. The molecule has 0 spiro atoms. The van der Waals surface area contributed by atoms with E-state index in [-0.39, 0.29) is 7.43 Å². The first kappa shape index (κ1) is 15.8. The lowest BCUT2D eigenvalue weighted by Crippen LogP contribution is -1.94. The van der Waals surface area contributed by atoms with Gasteiger partial charge in [0.25, 0.3) is 0 Å². The van der Waals surface area contributed by atoms with Crippen molar-refractivity contribution in [3.05, 3.63) is 48.3 Å². The Labute approximate surface area is 107 Å². The summed E-state index contributed by atoms with van der Waals surface area (Å²) in [6, 6.07) is 4.69. The number of aromatic nitrogens is 1. The van der Waals surface area contributed by atoms with Gasteiger partial charge in [0.1, 0.15) is 0 Å². The molecule has 0 atom stereocenters. The Morgan fingerprint density at radius 3 is 1.88 bits per heavy atom. The summed E-state index contributed by atoms with van der Waals surface area (Å²) in [5.74, 6) is 0.741. The summed E-state index contributed by atoms with van der Waals surface area (Å²) >= 11 is 0. The van der Waals surface area contributed by atoms with E-state index >= 15 is 0 Å². The van der Waals surface area contributed by atoms with Crippen molar-refractivity contribution in [1.29, 1.82) is 0 Å². The topological polar surface area (TPSA) is 4.93 Å². The average molecular weight is 233 g/mol. The summed E-state index contributed by atoms with van der Waals surface area (Å²) in [4.78, 5) is 0. The van der Waals surface area contributed by atoms with Crippen molar-refractivity contribution in [1.82, 2.24) is 4.57 Å².